The number of pyridine rings is 1. The summed E-state index contributed by atoms with van der Waals surface area (Å²) in [6, 6.07) is 10.3. The highest BCUT2D eigenvalue weighted by atomic mass is 15.1. The summed E-state index contributed by atoms with van der Waals surface area (Å²) < 4.78 is 0. The van der Waals surface area contributed by atoms with Crippen LogP contribution in [0.4, 0.5) is 11.8 Å². The van der Waals surface area contributed by atoms with Crippen LogP contribution in [0, 0.1) is 0 Å². The van der Waals surface area contributed by atoms with Gasteiger partial charge in [0, 0.05) is 6.20 Å². The van der Waals surface area contributed by atoms with Crippen LogP contribution < -0.4 is 11.5 Å². The van der Waals surface area contributed by atoms with E-state index in [4.69, 9.17) is 11.5 Å². The molecule has 0 radical (unpaired) electrons. The molecule has 22 heavy (non-hydrogen) atoms. The summed E-state index contributed by atoms with van der Waals surface area (Å²) in [7, 11) is 0. The number of nitrogen functional groups attached to an aromatic ring is 2. The normalized spacial score (nSPS) is 11.0. The van der Waals surface area contributed by atoms with Gasteiger partial charge in [-0.15, -0.1) is 0 Å². The molecule has 0 aliphatic rings. The molecule has 112 valence electrons. The van der Waals surface area contributed by atoms with Crippen LogP contribution in [0.1, 0.15) is 30.0 Å². The highest BCUT2D eigenvalue weighted by Crippen LogP contribution is 2.27. The minimum atomic E-state index is 0.163. The number of hydrogen-bond acceptors (Lipinski definition) is 5. The summed E-state index contributed by atoms with van der Waals surface area (Å²) in [4.78, 5) is 12.7. The van der Waals surface area contributed by atoms with Crippen molar-refractivity contribution in [3.05, 3.63) is 53.2 Å². The first-order valence-corrected chi connectivity index (χ1v) is 7.42. The number of nitrogens with two attached hydrogens (primary N) is 2. The smallest absolute Gasteiger partial charge is 0.224 e. The Morgan fingerprint density at radius 2 is 1.82 bits per heavy atom. The molecule has 1 aromatic carbocycles. The Morgan fingerprint density at radius 1 is 1.05 bits per heavy atom. The van der Waals surface area contributed by atoms with Gasteiger partial charge in [0.2, 0.25) is 5.95 Å². The molecule has 0 saturated heterocycles. The Balaban J connectivity index is 2.16. The maximum Gasteiger partial charge on any atom is 0.224 e. The first kappa shape index (κ1) is 14.3. The summed E-state index contributed by atoms with van der Waals surface area (Å²) in [5.41, 5.74) is 15.9. The molecular formula is C17H19N5. The second kappa shape index (κ2) is 5.97. The van der Waals surface area contributed by atoms with E-state index >= 15 is 0 Å². The first-order chi connectivity index (χ1) is 10.7. The molecule has 0 spiro atoms. The van der Waals surface area contributed by atoms with Gasteiger partial charge in [0.05, 0.1) is 5.39 Å². The Morgan fingerprint density at radius 3 is 2.55 bits per heavy atom. The maximum atomic E-state index is 6.08. The van der Waals surface area contributed by atoms with E-state index in [0.29, 0.717) is 11.5 Å². The van der Waals surface area contributed by atoms with E-state index in [1.54, 1.807) is 0 Å². The van der Waals surface area contributed by atoms with E-state index < -0.39 is 0 Å². The zero-order valence-corrected chi connectivity index (χ0v) is 12.6. The molecule has 2 aromatic heterocycles. The molecule has 4 N–H and O–H groups in total. The molecule has 3 aromatic rings. The molecule has 0 bridgehead atoms. The predicted octanol–water partition coefficient (Wildman–Crippen LogP) is 2.73. The summed E-state index contributed by atoms with van der Waals surface area (Å²) in [6.45, 7) is 2.15. The van der Waals surface area contributed by atoms with E-state index in [1.165, 1.54) is 16.7 Å². The highest BCUT2D eigenvalue weighted by molar-refractivity contribution is 5.90. The van der Waals surface area contributed by atoms with Gasteiger partial charge in [-0.1, -0.05) is 43.7 Å². The number of anilines is 2. The van der Waals surface area contributed by atoms with Crippen LogP contribution in [0.3, 0.4) is 0 Å². The van der Waals surface area contributed by atoms with Crippen molar-refractivity contribution in [3.63, 3.8) is 0 Å². The lowest BCUT2D eigenvalue weighted by molar-refractivity contribution is 0.907. The number of hydrogen-bond donors (Lipinski definition) is 2. The van der Waals surface area contributed by atoms with E-state index in [9.17, 15) is 0 Å². The monoisotopic (exact) mass is 293 g/mol. The number of aromatic nitrogens is 3. The number of rotatable bonds is 4. The van der Waals surface area contributed by atoms with E-state index in [2.05, 4.69) is 34.0 Å². The molecule has 5 heteroatoms. The lowest BCUT2D eigenvalue weighted by Crippen LogP contribution is -2.06. The zero-order valence-electron chi connectivity index (χ0n) is 12.6. The van der Waals surface area contributed by atoms with Gasteiger partial charge in [0.15, 0.2) is 5.65 Å². The maximum absolute atomic E-state index is 6.08. The topological polar surface area (TPSA) is 90.7 Å². The Hall–Kier alpha value is -2.69. The third-order valence-corrected chi connectivity index (χ3v) is 3.70. The summed E-state index contributed by atoms with van der Waals surface area (Å²) in [5, 5.41) is 0.837. The minimum absolute atomic E-state index is 0.163. The fraction of sp³-hybridized carbons (Fsp3) is 0.235. The SMILES string of the molecule is CCCc1c(Cc2ccccc2)cnc2nc(N)nc(N)c12. The van der Waals surface area contributed by atoms with Gasteiger partial charge in [0.1, 0.15) is 5.82 Å². The van der Waals surface area contributed by atoms with Crippen molar-refractivity contribution in [2.45, 2.75) is 26.2 Å². The van der Waals surface area contributed by atoms with Crippen molar-refractivity contribution < 1.29 is 0 Å². The molecule has 0 unspecified atom stereocenters. The summed E-state index contributed by atoms with van der Waals surface area (Å²) >= 11 is 0. The van der Waals surface area contributed by atoms with Gasteiger partial charge < -0.3 is 11.5 Å². The van der Waals surface area contributed by atoms with Crippen LogP contribution in [0.2, 0.25) is 0 Å². The Labute approximate surface area is 129 Å². The third kappa shape index (κ3) is 2.70. The predicted molar refractivity (Wildman–Crippen MR) is 89.4 cm³/mol. The van der Waals surface area contributed by atoms with Gasteiger partial charge in [0.25, 0.3) is 0 Å². The molecule has 2 heterocycles. The Kier molecular flexibility index (Phi) is 3.87. The van der Waals surface area contributed by atoms with Crippen molar-refractivity contribution >= 4 is 22.8 Å². The van der Waals surface area contributed by atoms with Crippen LogP contribution in [-0.2, 0) is 12.8 Å². The second-order valence-corrected chi connectivity index (χ2v) is 5.34. The van der Waals surface area contributed by atoms with Gasteiger partial charge in [-0.3, -0.25) is 0 Å². The first-order valence-electron chi connectivity index (χ1n) is 7.42. The number of nitrogens with zero attached hydrogens (tertiary/aromatic N) is 3. The van der Waals surface area contributed by atoms with Gasteiger partial charge in [-0.25, -0.2) is 4.98 Å². The molecule has 0 saturated carbocycles. The molecular weight excluding hydrogens is 274 g/mol. The fourth-order valence-electron chi connectivity index (χ4n) is 2.75. The van der Waals surface area contributed by atoms with Crippen molar-refractivity contribution in [1.29, 1.82) is 0 Å². The zero-order chi connectivity index (χ0) is 15.5. The quantitative estimate of drug-likeness (QED) is 0.771. The average Bonchev–Trinajstić information content (AvgIpc) is 2.50. The highest BCUT2D eigenvalue weighted by Gasteiger charge is 2.14. The van der Waals surface area contributed by atoms with E-state index in [-0.39, 0.29) is 5.95 Å². The van der Waals surface area contributed by atoms with Crippen molar-refractivity contribution in [3.8, 4) is 0 Å². The largest absolute Gasteiger partial charge is 0.383 e. The van der Waals surface area contributed by atoms with E-state index in [0.717, 1.165) is 24.6 Å². The van der Waals surface area contributed by atoms with Crippen LogP contribution in [0.5, 0.6) is 0 Å². The summed E-state index contributed by atoms with van der Waals surface area (Å²) in [5.74, 6) is 0.573. The van der Waals surface area contributed by atoms with Gasteiger partial charge in [-0.2, -0.15) is 9.97 Å². The van der Waals surface area contributed by atoms with Crippen LogP contribution >= 0.6 is 0 Å². The molecule has 0 amide bonds. The number of benzene rings is 1. The van der Waals surface area contributed by atoms with Crippen LogP contribution in [0.15, 0.2) is 36.5 Å². The van der Waals surface area contributed by atoms with Crippen LogP contribution in [-0.4, -0.2) is 15.0 Å². The molecule has 0 aliphatic carbocycles. The van der Waals surface area contributed by atoms with Gasteiger partial charge in [-0.05, 0) is 29.5 Å². The number of fused-ring (bicyclic) bond motifs is 1. The third-order valence-electron chi connectivity index (χ3n) is 3.70. The summed E-state index contributed by atoms with van der Waals surface area (Å²) in [6.07, 6.45) is 4.64. The van der Waals surface area contributed by atoms with E-state index in [1.807, 2.05) is 24.4 Å². The second-order valence-electron chi connectivity index (χ2n) is 5.34. The van der Waals surface area contributed by atoms with Crippen molar-refractivity contribution in [2.24, 2.45) is 0 Å². The molecule has 5 nitrogen and oxygen atoms in total. The van der Waals surface area contributed by atoms with Crippen molar-refractivity contribution in [1.82, 2.24) is 15.0 Å². The minimum Gasteiger partial charge on any atom is -0.383 e. The lowest BCUT2D eigenvalue weighted by atomic mass is 9.96. The average molecular weight is 293 g/mol. The standard InChI is InChI=1S/C17H19N5/c1-2-6-13-12(9-11-7-4-3-5-8-11)10-20-16-14(13)15(18)21-17(19)22-16/h3-5,7-8,10H,2,6,9H2,1H3,(H4,18,19,20,21,22). The molecule has 3 rings (SSSR count). The number of aryl methyl sites for hydroxylation is 1. The molecule has 0 fully saturated rings. The van der Waals surface area contributed by atoms with Crippen LogP contribution in [0.25, 0.3) is 11.0 Å². The molecule has 0 atom stereocenters. The van der Waals surface area contributed by atoms with Crippen molar-refractivity contribution in [2.75, 3.05) is 11.5 Å². The lowest BCUT2D eigenvalue weighted by Gasteiger charge is -2.13. The Bertz CT molecular complexity index is 799. The molecule has 0 aliphatic heterocycles. The van der Waals surface area contributed by atoms with Gasteiger partial charge >= 0.3 is 0 Å². The fourth-order valence-corrected chi connectivity index (χ4v) is 2.75.